The summed E-state index contributed by atoms with van der Waals surface area (Å²) in [7, 11) is 0. The molecular formula is C14H19NO6. The molecule has 0 aliphatic carbocycles. The average Bonchev–Trinajstić information content (AvgIpc) is 2.62. The van der Waals surface area contributed by atoms with Crippen LogP contribution in [0, 0.1) is 11.8 Å². The molecule has 2 aliphatic rings. The van der Waals surface area contributed by atoms with Crippen molar-refractivity contribution in [2.75, 3.05) is 13.2 Å². The standard InChI is InChI=1S/C14H19NO6/c1-7(2)5-20-14(19)21-6-9-8(3)10-4-11(16)15(10)12(9)13(17)18/h7-8,10H,4-6H2,1-3H3,(H,17,18). The Bertz CT molecular complexity index is 510. The van der Waals surface area contributed by atoms with Crippen LogP contribution in [0.15, 0.2) is 11.3 Å². The van der Waals surface area contributed by atoms with Crippen molar-refractivity contribution in [1.82, 2.24) is 4.90 Å². The minimum absolute atomic E-state index is 0.0552. The largest absolute Gasteiger partial charge is 0.508 e. The van der Waals surface area contributed by atoms with Crippen molar-refractivity contribution in [2.45, 2.75) is 33.2 Å². The van der Waals surface area contributed by atoms with Crippen LogP contribution in [-0.4, -0.2) is 47.3 Å². The van der Waals surface area contributed by atoms with Gasteiger partial charge in [0.25, 0.3) is 0 Å². The highest BCUT2D eigenvalue weighted by molar-refractivity contribution is 5.98. The van der Waals surface area contributed by atoms with Gasteiger partial charge in [0.05, 0.1) is 12.6 Å². The van der Waals surface area contributed by atoms with Gasteiger partial charge in [0.1, 0.15) is 12.3 Å². The molecule has 1 N–H and O–H groups in total. The van der Waals surface area contributed by atoms with Gasteiger partial charge in [-0.05, 0) is 5.92 Å². The number of hydrogen-bond acceptors (Lipinski definition) is 5. The predicted octanol–water partition coefficient (Wildman–Crippen LogP) is 1.38. The number of ether oxygens (including phenoxy) is 2. The average molecular weight is 297 g/mol. The van der Waals surface area contributed by atoms with Gasteiger partial charge in [-0.1, -0.05) is 20.8 Å². The van der Waals surface area contributed by atoms with Crippen LogP contribution in [0.1, 0.15) is 27.2 Å². The van der Waals surface area contributed by atoms with E-state index in [0.717, 1.165) is 0 Å². The number of β-lactam (4-membered cyclic amide) rings is 1. The third kappa shape index (κ3) is 2.86. The molecule has 0 radical (unpaired) electrons. The number of fused-ring (bicyclic) bond motifs is 1. The number of carbonyl (C=O) groups is 3. The molecule has 7 nitrogen and oxygen atoms in total. The third-order valence-corrected chi connectivity index (χ3v) is 3.74. The molecule has 2 aliphatic heterocycles. The molecule has 0 spiro atoms. The molecule has 0 saturated carbocycles. The van der Waals surface area contributed by atoms with Gasteiger partial charge in [-0.15, -0.1) is 0 Å². The highest BCUT2D eigenvalue weighted by Crippen LogP contribution is 2.42. The molecule has 1 fully saturated rings. The van der Waals surface area contributed by atoms with E-state index in [1.54, 1.807) is 0 Å². The molecule has 0 aromatic rings. The summed E-state index contributed by atoms with van der Waals surface area (Å²) in [4.78, 5) is 35.6. The number of aliphatic carboxylic acids is 1. The minimum atomic E-state index is -1.17. The Morgan fingerprint density at radius 2 is 2.05 bits per heavy atom. The molecular weight excluding hydrogens is 278 g/mol. The Hall–Kier alpha value is -2.05. The number of amides is 1. The lowest BCUT2D eigenvalue weighted by Gasteiger charge is -2.37. The molecule has 2 rings (SSSR count). The fraction of sp³-hybridized carbons (Fsp3) is 0.643. The van der Waals surface area contributed by atoms with E-state index in [1.165, 1.54) is 4.90 Å². The SMILES string of the molecule is CC(C)COC(=O)OCC1=C(C(=O)O)N2C(=O)CC2C1C. The van der Waals surface area contributed by atoms with E-state index in [4.69, 9.17) is 9.47 Å². The fourth-order valence-corrected chi connectivity index (χ4v) is 2.59. The second-order valence-electron chi connectivity index (χ2n) is 5.75. The second kappa shape index (κ2) is 5.75. The quantitative estimate of drug-likeness (QED) is 0.609. The number of hydrogen-bond donors (Lipinski definition) is 1. The zero-order valence-corrected chi connectivity index (χ0v) is 12.3. The first-order valence-corrected chi connectivity index (χ1v) is 6.90. The Morgan fingerprint density at radius 3 is 2.57 bits per heavy atom. The van der Waals surface area contributed by atoms with Crippen LogP contribution in [0.5, 0.6) is 0 Å². The summed E-state index contributed by atoms with van der Waals surface area (Å²) in [6.45, 7) is 5.70. The van der Waals surface area contributed by atoms with Crippen LogP contribution in [0.3, 0.4) is 0 Å². The van der Waals surface area contributed by atoms with Crippen LogP contribution in [0.4, 0.5) is 4.79 Å². The fourth-order valence-electron chi connectivity index (χ4n) is 2.59. The molecule has 0 aromatic carbocycles. The van der Waals surface area contributed by atoms with Crippen LogP contribution in [0.2, 0.25) is 0 Å². The van der Waals surface area contributed by atoms with Crippen LogP contribution >= 0.6 is 0 Å². The van der Waals surface area contributed by atoms with E-state index in [9.17, 15) is 19.5 Å². The summed E-state index contributed by atoms with van der Waals surface area (Å²) >= 11 is 0. The molecule has 116 valence electrons. The normalized spacial score (nSPS) is 24.0. The van der Waals surface area contributed by atoms with E-state index < -0.39 is 12.1 Å². The Kier molecular flexibility index (Phi) is 4.20. The van der Waals surface area contributed by atoms with Crippen molar-refractivity contribution >= 4 is 18.0 Å². The summed E-state index contributed by atoms with van der Waals surface area (Å²) in [6.07, 6.45) is -0.493. The van der Waals surface area contributed by atoms with Gasteiger partial charge >= 0.3 is 12.1 Å². The Morgan fingerprint density at radius 1 is 1.38 bits per heavy atom. The van der Waals surface area contributed by atoms with Crippen LogP contribution < -0.4 is 0 Å². The van der Waals surface area contributed by atoms with Crippen LogP contribution in [-0.2, 0) is 19.1 Å². The maximum Gasteiger partial charge on any atom is 0.508 e. The first kappa shape index (κ1) is 15.3. The maximum atomic E-state index is 11.5. The molecule has 21 heavy (non-hydrogen) atoms. The van der Waals surface area contributed by atoms with Crippen molar-refractivity contribution in [1.29, 1.82) is 0 Å². The molecule has 0 bridgehead atoms. The first-order valence-electron chi connectivity index (χ1n) is 6.90. The molecule has 1 amide bonds. The number of rotatable bonds is 5. The second-order valence-corrected chi connectivity index (χ2v) is 5.75. The van der Waals surface area contributed by atoms with Gasteiger partial charge < -0.3 is 19.5 Å². The number of carboxylic acid groups (broad SMARTS) is 1. The number of nitrogens with zero attached hydrogens (tertiary/aromatic N) is 1. The third-order valence-electron chi connectivity index (χ3n) is 3.74. The number of carbonyl (C=O) groups excluding carboxylic acids is 2. The lowest BCUT2D eigenvalue weighted by atomic mass is 9.90. The van der Waals surface area contributed by atoms with Crippen molar-refractivity contribution in [3.8, 4) is 0 Å². The van der Waals surface area contributed by atoms with Crippen molar-refractivity contribution < 1.29 is 29.0 Å². The van der Waals surface area contributed by atoms with Gasteiger partial charge in [-0.2, -0.15) is 0 Å². The monoisotopic (exact) mass is 297 g/mol. The van der Waals surface area contributed by atoms with Crippen molar-refractivity contribution in [2.24, 2.45) is 11.8 Å². The van der Waals surface area contributed by atoms with E-state index >= 15 is 0 Å². The van der Waals surface area contributed by atoms with Crippen molar-refractivity contribution in [3.63, 3.8) is 0 Å². The van der Waals surface area contributed by atoms with Crippen LogP contribution in [0.25, 0.3) is 0 Å². The van der Waals surface area contributed by atoms with Gasteiger partial charge in [0, 0.05) is 17.9 Å². The highest BCUT2D eigenvalue weighted by Gasteiger charge is 2.51. The Balaban J connectivity index is 2.02. The smallest absolute Gasteiger partial charge is 0.477 e. The molecule has 2 heterocycles. The minimum Gasteiger partial charge on any atom is -0.477 e. The molecule has 2 atom stereocenters. The first-order chi connectivity index (χ1) is 9.82. The zero-order valence-electron chi connectivity index (χ0n) is 12.3. The highest BCUT2D eigenvalue weighted by atomic mass is 16.7. The lowest BCUT2D eigenvalue weighted by Crippen LogP contribution is -2.51. The Labute approximate surface area is 122 Å². The van der Waals surface area contributed by atoms with E-state index in [2.05, 4.69) is 0 Å². The molecule has 7 heteroatoms. The molecule has 1 saturated heterocycles. The summed E-state index contributed by atoms with van der Waals surface area (Å²) in [6, 6.07) is -0.131. The van der Waals surface area contributed by atoms with Gasteiger partial charge in [-0.25, -0.2) is 9.59 Å². The summed E-state index contributed by atoms with van der Waals surface area (Å²) < 4.78 is 9.84. The van der Waals surface area contributed by atoms with Gasteiger partial charge in [-0.3, -0.25) is 4.79 Å². The topological polar surface area (TPSA) is 93.1 Å². The lowest BCUT2D eigenvalue weighted by molar-refractivity contribution is -0.148. The molecule has 0 aromatic heterocycles. The van der Waals surface area contributed by atoms with E-state index in [1.807, 2.05) is 20.8 Å². The summed E-state index contributed by atoms with van der Waals surface area (Å²) in [5.41, 5.74) is 0.403. The van der Waals surface area contributed by atoms with E-state index in [-0.39, 0.29) is 42.7 Å². The summed E-state index contributed by atoms with van der Waals surface area (Å²) in [5.74, 6) is -1.32. The van der Waals surface area contributed by atoms with Crippen molar-refractivity contribution in [3.05, 3.63) is 11.3 Å². The molecule has 2 unspecified atom stereocenters. The zero-order chi connectivity index (χ0) is 15.7. The van der Waals surface area contributed by atoms with Gasteiger partial charge in [0.15, 0.2) is 0 Å². The summed E-state index contributed by atoms with van der Waals surface area (Å²) in [5, 5.41) is 9.26. The van der Waals surface area contributed by atoms with Gasteiger partial charge in [0.2, 0.25) is 5.91 Å². The van der Waals surface area contributed by atoms with E-state index in [0.29, 0.717) is 12.0 Å². The maximum absolute atomic E-state index is 11.5. The number of carboxylic acids is 1. The predicted molar refractivity (Wildman–Crippen MR) is 71.2 cm³/mol.